The lowest BCUT2D eigenvalue weighted by atomic mass is 10.0. The maximum Gasteiger partial charge on any atom is 0.0587 e. The topological polar surface area (TPSA) is 21.3 Å². The molecular weight excluding hydrogens is 290 g/mol. The fourth-order valence-corrected chi connectivity index (χ4v) is 4.20. The third kappa shape index (κ3) is 5.28. The van der Waals surface area contributed by atoms with Gasteiger partial charge in [0, 0.05) is 35.4 Å². The van der Waals surface area contributed by atoms with Gasteiger partial charge in [-0.1, -0.05) is 36.9 Å². The van der Waals surface area contributed by atoms with E-state index in [1.807, 2.05) is 17.8 Å². The molecule has 2 rings (SSSR count). The predicted molar refractivity (Wildman–Crippen MR) is 87.8 cm³/mol. The zero-order chi connectivity index (χ0) is 14.2. The van der Waals surface area contributed by atoms with Crippen LogP contribution in [0.5, 0.6) is 0 Å². The number of rotatable bonds is 7. The van der Waals surface area contributed by atoms with E-state index < -0.39 is 0 Å². The first-order chi connectivity index (χ1) is 9.79. The fourth-order valence-electron chi connectivity index (χ4n) is 2.54. The van der Waals surface area contributed by atoms with Crippen molar-refractivity contribution in [3.8, 4) is 0 Å². The maximum absolute atomic E-state index is 6.16. The quantitative estimate of drug-likeness (QED) is 0.749. The van der Waals surface area contributed by atoms with Crippen molar-refractivity contribution < 1.29 is 4.74 Å². The number of hydrogen-bond acceptors (Lipinski definition) is 3. The van der Waals surface area contributed by atoms with Crippen LogP contribution in [-0.2, 0) is 11.3 Å². The summed E-state index contributed by atoms with van der Waals surface area (Å²) in [5.41, 5.74) is 1.35. The van der Waals surface area contributed by atoms with Crippen LogP contribution in [0.2, 0.25) is 5.02 Å². The molecule has 1 N–H and O–H groups in total. The molecule has 0 heterocycles. The van der Waals surface area contributed by atoms with E-state index >= 15 is 0 Å². The van der Waals surface area contributed by atoms with Crippen LogP contribution in [0.25, 0.3) is 0 Å². The normalized spacial score (nSPS) is 16.5. The summed E-state index contributed by atoms with van der Waals surface area (Å²) < 4.78 is 5.06. The van der Waals surface area contributed by atoms with Crippen LogP contribution >= 0.6 is 23.4 Å². The van der Waals surface area contributed by atoms with Crippen LogP contribution in [0.3, 0.4) is 0 Å². The SMILES string of the molecule is COCCNCc1ccc(Cl)cc1SC1CCCCC1. The van der Waals surface area contributed by atoms with Crippen molar-refractivity contribution in [2.24, 2.45) is 0 Å². The zero-order valence-corrected chi connectivity index (χ0v) is 13.7. The van der Waals surface area contributed by atoms with Crippen molar-refractivity contribution in [2.75, 3.05) is 20.3 Å². The molecule has 0 spiro atoms. The van der Waals surface area contributed by atoms with Crippen molar-refractivity contribution in [1.29, 1.82) is 0 Å². The Bertz CT molecular complexity index is 407. The molecular formula is C16H24ClNOS. The summed E-state index contributed by atoms with van der Waals surface area (Å²) in [4.78, 5) is 1.34. The average molecular weight is 314 g/mol. The van der Waals surface area contributed by atoms with E-state index in [-0.39, 0.29) is 0 Å². The van der Waals surface area contributed by atoms with Crippen molar-refractivity contribution in [3.63, 3.8) is 0 Å². The lowest BCUT2D eigenvalue weighted by molar-refractivity contribution is 0.199. The van der Waals surface area contributed by atoms with Crippen molar-refractivity contribution in [2.45, 2.75) is 48.8 Å². The molecule has 0 atom stereocenters. The zero-order valence-electron chi connectivity index (χ0n) is 12.2. The van der Waals surface area contributed by atoms with Gasteiger partial charge in [-0.05, 0) is 30.5 Å². The molecule has 112 valence electrons. The summed E-state index contributed by atoms with van der Waals surface area (Å²) in [7, 11) is 1.73. The predicted octanol–water partition coefficient (Wildman–Crippen LogP) is 4.50. The number of methoxy groups -OCH3 is 1. The molecule has 0 aliphatic heterocycles. The highest BCUT2D eigenvalue weighted by atomic mass is 35.5. The Morgan fingerprint density at radius 1 is 1.30 bits per heavy atom. The number of thioether (sulfide) groups is 1. The van der Waals surface area contributed by atoms with Gasteiger partial charge in [-0.25, -0.2) is 0 Å². The minimum atomic E-state index is 0.749. The summed E-state index contributed by atoms with van der Waals surface area (Å²) in [6.45, 7) is 2.51. The second-order valence-electron chi connectivity index (χ2n) is 5.30. The van der Waals surface area contributed by atoms with Crippen molar-refractivity contribution in [1.82, 2.24) is 5.32 Å². The molecule has 0 bridgehead atoms. The van der Waals surface area contributed by atoms with Gasteiger partial charge in [-0.2, -0.15) is 0 Å². The molecule has 4 heteroatoms. The van der Waals surface area contributed by atoms with E-state index in [0.29, 0.717) is 0 Å². The van der Waals surface area contributed by atoms with Gasteiger partial charge >= 0.3 is 0 Å². The molecule has 1 aromatic rings. The molecule has 1 aliphatic rings. The third-order valence-electron chi connectivity index (χ3n) is 3.67. The number of hydrogen-bond donors (Lipinski definition) is 1. The summed E-state index contributed by atoms with van der Waals surface area (Å²) in [6, 6.07) is 6.25. The number of benzene rings is 1. The third-order valence-corrected chi connectivity index (χ3v) is 5.35. The second-order valence-corrected chi connectivity index (χ2v) is 7.08. The Kier molecular flexibility index (Phi) is 7.22. The Balaban J connectivity index is 1.95. The van der Waals surface area contributed by atoms with E-state index in [1.54, 1.807) is 7.11 Å². The smallest absolute Gasteiger partial charge is 0.0587 e. The first-order valence-electron chi connectivity index (χ1n) is 7.44. The highest BCUT2D eigenvalue weighted by Crippen LogP contribution is 2.36. The van der Waals surface area contributed by atoms with Crippen LogP contribution in [0.4, 0.5) is 0 Å². The average Bonchev–Trinajstić information content (AvgIpc) is 2.47. The molecule has 1 aliphatic carbocycles. The molecule has 20 heavy (non-hydrogen) atoms. The van der Waals surface area contributed by atoms with E-state index in [0.717, 1.165) is 30.0 Å². The van der Waals surface area contributed by atoms with E-state index in [9.17, 15) is 0 Å². The Labute approximate surface area is 131 Å². The lowest BCUT2D eigenvalue weighted by Crippen LogP contribution is -2.19. The Morgan fingerprint density at radius 3 is 2.85 bits per heavy atom. The minimum Gasteiger partial charge on any atom is -0.383 e. The molecule has 0 saturated heterocycles. The maximum atomic E-state index is 6.16. The van der Waals surface area contributed by atoms with Crippen LogP contribution < -0.4 is 5.32 Å². The van der Waals surface area contributed by atoms with Gasteiger partial charge in [0.05, 0.1) is 6.61 Å². The van der Waals surface area contributed by atoms with Crippen LogP contribution in [-0.4, -0.2) is 25.5 Å². The molecule has 2 nitrogen and oxygen atoms in total. The van der Waals surface area contributed by atoms with Gasteiger partial charge in [-0.3, -0.25) is 0 Å². The second kappa shape index (κ2) is 8.93. The molecule has 0 amide bonds. The molecule has 0 aromatic heterocycles. The standard InChI is InChI=1S/C16H24ClNOS/c1-19-10-9-18-12-13-7-8-14(17)11-16(13)20-15-5-3-2-4-6-15/h7-8,11,15,18H,2-6,9-10,12H2,1H3. The van der Waals surface area contributed by atoms with Crippen LogP contribution in [0.15, 0.2) is 23.1 Å². The number of nitrogens with one attached hydrogen (secondary N) is 1. The highest BCUT2D eigenvalue weighted by Gasteiger charge is 2.16. The van der Waals surface area contributed by atoms with Crippen LogP contribution in [0, 0.1) is 0 Å². The largest absolute Gasteiger partial charge is 0.383 e. The molecule has 1 fully saturated rings. The van der Waals surface area contributed by atoms with Gasteiger partial charge in [-0.15, -0.1) is 11.8 Å². The summed E-state index contributed by atoms with van der Waals surface area (Å²) in [5.74, 6) is 0. The summed E-state index contributed by atoms with van der Waals surface area (Å²) in [5, 5.41) is 5.02. The fraction of sp³-hybridized carbons (Fsp3) is 0.625. The minimum absolute atomic E-state index is 0.749. The monoisotopic (exact) mass is 313 g/mol. The van der Waals surface area contributed by atoms with Crippen LogP contribution in [0.1, 0.15) is 37.7 Å². The first kappa shape index (κ1) is 16.2. The summed E-state index contributed by atoms with van der Waals surface area (Å²) >= 11 is 8.18. The summed E-state index contributed by atoms with van der Waals surface area (Å²) in [6.07, 6.45) is 6.83. The van der Waals surface area contributed by atoms with E-state index in [1.165, 1.54) is 42.6 Å². The number of halogens is 1. The Hall–Kier alpha value is -0.220. The van der Waals surface area contributed by atoms with E-state index in [4.69, 9.17) is 16.3 Å². The Morgan fingerprint density at radius 2 is 2.10 bits per heavy atom. The van der Waals surface area contributed by atoms with E-state index in [2.05, 4.69) is 17.4 Å². The van der Waals surface area contributed by atoms with Gasteiger partial charge in [0.25, 0.3) is 0 Å². The molecule has 1 saturated carbocycles. The van der Waals surface area contributed by atoms with Gasteiger partial charge < -0.3 is 10.1 Å². The molecule has 1 aromatic carbocycles. The highest BCUT2D eigenvalue weighted by molar-refractivity contribution is 8.00. The molecule has 0 radical (unpaired) electrons. The first-order valence-corrected chi connectivity index (χ1v) is 8.70. The lowest BCUT2D eigenvalue weighted by Gasteiger charge is -2.22. The molecule has 0 unspecified atom stereocenters. The van der Waals surface area contributed by atoms with Crippen molar-refractivity contribution in [3.05, 3.63) is 28.8 Å². The van der Waals surface area contributed by atoms with Gasteiger partial charge in [0.1, 0.15) is 0 Å². The van der Waals surface area contributed by atoms with Gasteiger partial charge in [0.2, 0.25) is 0 Å². The van der Waals surface area contributed by atoms with Gasteiger partial charge in [0.15, 0.2) is 0 Å². The number of ether oxygens (including phenoxy) is 1. The van der Waals surface area contributed by atoms with Crippen molar-refractivity contribution >= 4 is 23.4 Å².